The fourth-order valence-electron chi connectivity index (χ4n) is 1.24. The number of carbonyl (C=O) groups is 2. The smallest absolute Gasteiger partial charge is 0.407 e. The minimum Gasteiger partial charge on any atom is -0.466 e. The van der Waals surface area contributed by atoms with Gasteiger partial charge in [0.15, 0.2) is 0 Å². The first-order valence-electron chi connectivity index (χ1n) is 6.37. The third-order valence-corrected chi connectivity index (χ3v) is 2.19. The van der Waals surface area contributed by atoms with E-state index in [0.717, 1.165) is 25.7 Å². The van der Waals surface area contributed by atoms with Crippen molar-refractivity contribution >= 4 is 12.1 Å². The normalized spacial score (nSPS) is 9.61. The minimum atomic E-state index is -0.550. The van der Waals surface area contributed by atoms with Crippen molar-refractivity contribution in [2.75, 3.05) is 19.8 Å². The zero-order chi connectivity index (χ0) is 13.6. The van der Waals surface area contributed by atoms with Gasteiger partial charge in [-0.05, 0) is 6.42 Å². The summed E-state index contributed by atoms with van der Waals surface area (Å²) in [6.45, 7) is 6.39. The number of nitrogens with one attached hydrogen (secondary N) is 1. The van der Waals surface area contributed by atoms with E-state index < -0.39 is 6.09 Å². The van der Waals surface area contributed by atoms with Crippen LogP contribution >= 0.6 is 0 Å². The average Bonchev–Trinajstić information content (AvgIpc) is 2.36. The van der Waals surface area contributed by atoms with E-state index in [2.05, 4.69) is 23.6 Å². The molecule has 0 aromatic carbocycles. The topological polar surface area (TPSA) is 64.6 Å². The van der Waals surface area contributed by atoms with Gasteiger partial charge in [0, 0.05) is 6.54 Å². The molecule has 0 aromatic rings. The molecule has 0 saturated carbocycles. The third-order valence-electron chi connectivity index (χ3n) is 2.19. The van der Waals surface area contributed by atoms with Crippen LogP contribution in [0.15, 0.2) is 12.7 Å². The first-order valence-corrected chi connectivity index (χ1v) is 6.37. The lowest BCUT2D eigenvalue weighted by molar-refractivity contribution is -0.143. The van der Waals surface area contributed by atoms with Gasteiger partial charge >= 0.3 is 12.1 Å². The molecule has 1 amide bonds. The average molecular weight is 257 g/mol. The number of hydrogen-bond acceptors (Lipinski definition) is 4. The van der Waals surface area contributed by atoms with Crippen LogP contribution in [-0.2, 0) is 14.3 Å². The van der Waals surface area contributed by atoms with E-state index in [0.29, 0.717) is 6.61 Å². The SMILES string of the molecule is C=CCOC(=O)NCCC(=O)OCCCCCC. The minimum absolute atomic E-state index is 0.160. The van der Waals surface area contributed by atoms with Gasteiger partial charge in [0.1, 0.15) is 6.61 Å². The largest absolute Gasteiger partial charge is 0.466 e. The molecule has 0 heterocycles. The second kappa shape index (κ2) is 12.0. The molecule has 0 unspecified atom stereocenters. The fourth-order valence-corrected chi connectivity index (χ4v) is 1.24. The molecule has 0 radical (unpaired) electrons. The summed E-state index contributed by atoms with van der Waals surface area (Å²) < 4.78 is 9.68. The summed E-state index contributed by atoms with van der Waals surface area (Å²) in [6.07, 6.45) is 5.38. The number of hydrogen-bond donors (Lipinski definition) is 1. The standard InChI is InChI=1S/C13H23NO4/c1-3-5-6-7-11-17-12(15)8-9-14-13(16)18-10-4-2/h4H,2-3,5-11H2,1H3,(H,14,16). The predicted molar refractivity (Wildman–Crippen MR) is 69.3 cm³/mol. The van der Waals surface area contributed by atoms with Crippen LogP contribution in [0.1, 0.15) is 39.0 Å². The molecule has 0 spiro atoms. The molecule has 18 heavy (non-hydrogen) atoms. The highest BCUT2D eigenvalue weighted by molar-refractivity contribution is 5.71. The number of rotatable bonds is 10. The molecule has 0 saturated heterocycles. The lowest BCUT2D eigenvalue weighted by Gasteiger charge is -2.06. The van der Waals surface area contributed by atoms with Crippen LogP contribution in [0.4, 0.5) is 4.79 Å². The van der Waals surface area contributed by atoms with Gasteiger partial charge in [-0.3, -0.25) is 4.79 Å². The zero-order valence-electron chi connectivity index (χ0n) is 11.1. The summed E-state index contributed by atoms with van der Waals surface area (Å²) >= 11 is 0. The first-order chi connectivity index (χ1) is 8.70. The fraction of sp³-hybridized carbons (Fsp3) is 0.692. The summed E-state index contributed by atoms with van der Waals surface area (Å²) in [5.74, 6) is -0.296. The van der Waals surface area contributed by atoms with E-state index >= 15 is 0 Å². The van der Waals surface area contributed by atoms with Crippen molar-refractivity contribution in [1.82, 2.24) is 5.32 Å². The lowest BCUT2D eigenvalue weighted by atomic mass is 10.2. The predicted octanol–water partition coefficient (Wildman–Crippen LogP) is 2.41. The molecule has 0 fully saturated rings. The third kappa shape index (κ3) is 11.0. The Hall–Kier alpha value is -1.52. The molecule has 0 bridgehead atoms. The Morgan fingerprint density at radius 3 is 2.67 bits per heavy atom. The van der Waals surface area contributed by atoms with Gasteiger partial charge in [0.2, 0.25) is 0 Å². The van der Waals surface area contributed by atoms with Crippen LogP contribution in [0, 0.1) is 0 Å². The summed E-state index contributed by atoms with van der Waals surface area (Å²) in [4.78, 5) is 22.2. The van der Waals surface area contributed by atoms with E-state index in [4.69, 9.17) is 4.74 Å². The molecule has 0 aromatic heterocycles. The van der Waals surface area contributed by atoms with E-state index in [1.54, 1.807) is 0 Å². The quantitative estimate of drug-likeness (QED) is 0.371. The van der Waals surface area contributed by atoms with Crippen LogP contribution in [0.25, 0.3) is 0 Å². The van der Waals surface area contributed by atoms with Crippen molar-refractivity contribution in [2.24, 2.45) is 0 Å². The molecule has 5 heteroatoms. The van der Waals surface area contributed by atoms with Crippen molar-refractivity contribution in [3.8, 4) is 0 Å². The van der Waals surface area contributed by atoms with Gasteiger partial charge in [0.25, 0.3) is 0 Å². The van der Waals surface area contributed by atoms with Gasteiger partial charge < -0.3 is 14.8 Å². The van der Waals surface area contributed by atoms with Crippen molar-refractivity contribution in [1.29, 1.82) is 0 Å². The lowest BCUT2D eigenvalue weighted by Crippen LogP contribution is -2.27. The Balaban J connectivity index is 3.36. The molecule has 0 aliphatic heterocycles. The summed E-state index contributed by atoms with van der Waals surface area (Å²) in [6, 6.07) is 0. The Kier molecular flexibility index (Phi) is 10.9. The Morgan fingerprint density at radius 2 is 2.00 bits per heavy atom. The van der Waals surface area contributed by atoms with E-state index in [1.807, 2.05) is 0 Å². The zero-order valence-corrected chi connectivity index (χ0v) is 11.1. The molecule has 1 N–H and O–H groups in total. The maximum Gasteiger partial charge on any atom is 0.407 e. The Morgan fingerprint density at radius 1 is 1.22 bits per heavy atom. The molecule has 104 valence electrons. The summed E-state index contributed by atoms with van der Waals surface area (Å²) in [5, 5.41) is 2.45. The van der Waals surface area contributed by atoms with Gasteiger partial charge in [-0.25, -0.2) is 4.79 Å². The number of amides is 1. The molecular formula is C13H23NO4. The van der Waals surface area contributed by atoms with Crippen LogP contribution in [0.2, 0.25) is 0 Å². The maximum absolute atomic E-state index is 11.2. The van der Waals surface area contributed by atoms with Crippen LogP contribution in [-0.4, -0.2) is 31.8 Å². The Bertz CT molecular complexity index is 253. The van der Waals surface area contributed by atoms with Gasteiger partial charge in [0.05, 0.1) is 13.0 Å². The number of unbranched alkanes of at least 4 members (excludes halogenated alkanes) is 3. The molecular weight excluding hydrogens is 234 g/mol. The summed E-state index contributed by atoms with van der Waals surface area (Å²) in [5.41, 5.74) is 0. The Labute approximate surface area is 109 Å². The second-order valence-electron chi connectivity index (χ2n) is 3.85. The van der Waals surface area contributed by atoms with Crippen LogP contribution < -0.4 is 5.32 Å². The highest BCUT2D eigenvalue weighted by Crippen LogP contribution is 1.99. The van der Waals surface area contributed by atoms with E-state index in [9.17, 15) is 9.59 Å². The van der Waals surface area contributed by atoms with Gasteiger partial charge in [-0.15, -0.1) is 0 Å². The molecule has 0 atom stereocenters. The second-order valence-corrected chi connectivity index (χ2v) is 3.85. The van der Waals surface area contributed by atoms with Gasteiger partial charge in [-0.2, -0.15) is 0 Å². The molecule has 0 aliphatic carbocycles. The van der Waals surface area contributed by atoms with Crippen molar-refractivity contribution in [3.63, 3.8) is 0 Å². The maximum atomic E-state index is 11.2. The number of esters is 1. The van der Waals surface area contributed by atoms with Gasteiger partial charge in [-0.1, -0.05) is 38.8 Å². The summed E-state index contributed by atoms with van der Waals surface area (Å²) in [7, 11) is 0. The van der Waals surface area contributed by atoms with E-state index in [-0.39, 0.29) is 25.5 Å². The number of carbonyl (C=O) groups excluding carboxylic acids is 2. The van der Waals surface area contributed by atoms with Crippen molar-refractivity contribution in [3.05, 3.63) is 12.7 Å². The number of ether oxygens (including phenoxy) is 2. The van der Waals surface area contributed by atoms with E-state index in [1.165, 1.54) is 6.08 Å². The molecule has 5 nitrogen and oxygen atoms in total. The highest BCUT2D eigenvalue weighted by atomic mass is 16.5. The van der Waals surface area contributed by atoms with Crippen LogP contribution in [0.3, 0.4) is 0 Å². The highest BCUT2D eigenvalue weighted by Gasteiger charge is 2.04. The molecule has 0 rings (SSSR count). The number of alkyl carbamates (subject to hydrolysis) is 1. The van der Waals surface area contributed by atoms with Crippen LogP contribution in [0.5, 0.6) is 0 Å². The van der Waals surface area contributed by atoms with Crippen molar-refractivity contribution in [2.45, 2.75) is 39.0 Å². The molecule has 0 aliphatic rings. The first kappa shape index (κ1) is 16.5. The van der Waals surface area contributed by atoms with Crippen molar-refractivity contribution < 1.29 is 19.1 Å². The monoisotopic (exact) mass is 257 g/mol.